The summed E-state index contributed by atoms with van der Waals surface area (Å²) in [7, 11) is 0. The number of carbonyl (C=O) groups excluding carboxylic acids is 1. The van der Waals surface area contributed by atoms with Crippen molar-refractivity contribution in [3.63, 3.8) is 0 Å². The number of benzene rings is 1. The number of nitrogens with one attached hydrogen (secondary N) is 2. The Morgan fingerprint density at radius 3 is 2.68 bits per heavy atom. The zero-order chi connectivity index (χ0) is 19.5. The molecule has 6 heteroatoms. The Labute approximate surface area is 163 Å². The lowest BCUT2D eigenvalue weighted by atomic mass is 10.0. The first-order valence-corrected chi connectivity index (χ1v) is 9.22. The van der Waals surface area contributed by atoms with E-state index in [0.717, 1.165) is 33.5 Å². The molecule has 1 atom stereocenters. The van der Waals surface area contributed by atoms with Crippen LogP contribution < -0.4 is 5.32 Å². The van der Waals surface area contributed by atoms with E-state index in [0.29, 0.717) is 12.0 Å². The summed E-state index contributed by atoms with van der Waals surface area (Å²) in [5.74, 6) is -0.117. The first kappa shape index (κ1) is 17.9. The van der Waals surface area contributed by atoms with Crippen molar-refractivity contribution in [1.82, 2.24) is 25.5 Å². The van der Waals surface area contributed by atoms with E-state index in [1.807, 2.05) is 62.4 Å². The van der Waals surface area contributed by atoms with Gasteiger partial charge in [-0.05, 0) is 44.2 Å². The van der Waals surface area contributed by atoms with Gasteiger partial charge in [-0.3, -0.25) is 14.9 Å². The molecule has 3 aromatic heterocycles. The summed E-state index contributed by atoms with van der Waals surface area (Å²) >= 11 is 0. The minimum absolute atomic E-state index is 0.0495. The summed E-state index contributed by atoms with van der Waals surface area (Å²) in [6, 6.07) is 15.3. The van der Waals surface area contributed by atoms with Crippen LogP contribution >= 0.6 is 0 Å². The normalized spacial score (nSPS) is 12.1. The number of para-hydroxylation sites is 1. The fourth-order valence-electron chi connectivity index (χ4n) is 3.28. The van der Waals surface area contributed by atoms with Crippen LogP contribution in [0, 0.1) is 6.92 Å². The van der Waals surface area contributed by atoms with Crippen molar-refractivity contribution in [3.05, 3.63) is 77.9 Å². The zero-order valence-electron chi connectivity index (χ0n) is 15.8. The number of hydrogen-bond donors (Lipinski definition) is 2. The number of nitrogens with zero attached hydrogens (tertiary/aromatic N) is 3. The van der Waals surface area contributed by atoms with E-state index < -0.39 is 0 Å². The number of aryl methyl sites for hydroxylation is 1. The molecule has 0 saturated carbocycles. The molecule has 4 rings (SSSR count). The molecule has 0 unspecified atom stereocenters. The van der Waals surface area contributed by atoms with Crippen molar-refractivity contribution in [2.45, 2.75) is 26.3 Å². The minimum Gasteiger partial charge on any atom is -0.349 e. The molecule has 0 bridgehead atoms. The van der Waals surface area contributed by atoms with Crippen molar-refractivity contribution in [3.8, 4) is 11.3 Å². The number of hydrogen-bond acceptors (Lipinski definition) is 4. The van der Waals surface area contributed by atoms with Crippen molar-refractivity contribution in [1.29, 1.82) is 0 Å². The molecule has 0 radical (unpaired) electrons. The molecule has 0 spiro atoms. The molecule has 1 amide bonds. The van der Waals surface area contributed by atoms with Crippen molar-refractivity contribution in [2.24, 2.45) is 0 Å². The molecule has 0 aliphatic rings. The molecule has 0 aliphatic heterocycles. The van der Waals surface area contributed by atoms with Gasteiger partial charge in [0.05, 0.1) is 22.5 Å². The van der Waals surface area contributed by atoms with Gasteiger partial charge in [0.15, 0.2) is 0 Å². The van der Waals surface area contributed by atoms with Gasteiger partial charge in [-0.2, -0.15) is 5.10 Å². The van der Waals surface area contributed by atoms with Gasteiger partial charge in [0.1, 0.15) is 0 Å². The molecule has 2 N–H and O–H groups in total. The fourth-order valence-corrected chi connectivity index (χ4v) is 3.28. The predicted molar refractivity (Wildman–Crippen MR) is 109 cm³/mol. The summed E-state index contributed by atoms with van der Waals surface area (Å²) in [5, 5.41) is 11.1. The number of pyridine rings is 2. The fraction of sp³-hybridized carbons (Fsp3) is 0.182. The maximum atomic E-state index is 13.1. The smallest absolute Gasteiger partial charge is 0.252 e. The van der Waals surface area contributed by atoms with Gasteiger partial charge in [0.2, 0.25) is 0 Å². The van der Waals surface area contributed by atoms with Gasteiger partial charge >= 0.3 is 0 Å². The molecule has 0 fully saturated rings. The Morgan fingerprint density at radius 1 is 1.14 bits per heavy atom. The quantitative estimate of drug-likeness (QED) is 0.560. The highest BCUT2D eigenvalue weighted by molar-refractivity contribution is 6.07. The Hall–Kier alpha value is -3.54. The van der Waals surface area contributed by atoms with E-state index >= 15 is 0 Å². The van der Waals surface area contributed by atoms with Gasteiger partial charge in [0.25, 0.3) is 5.91 Å². The molecular formula is C22H21N5O. The average Bonchev–Trinajstić information content (AvgIpc) is 3.12. The molecule has 0 saturated heterocycles. The van der Waals surface area contributed by atoms with Gasteiger partial charge in [0, 0.05) is 41.5 Å². The van der Waals surface area contributed by atoms with E-state index in [-0.39, 0.29) is 11.9 Å². The molecule has 1 aromatic carbocycles. The van der Waals surface area contributed by atoms with E-state index in [1.54, 1.807) is 12.4 Å². The van der Waals surface area contributed by atoms with Gasteiger partial charge < -0.3 is 5.32 Å². The van der Waals surface area contributed by atoms with Gasteiger partial charge in [-0.15, -0.1) is 0 Å². The van der Waals surface area contributed by atoms with E-state index in [2.05, 4.69) is 20.5 Å². The number of aromatic amines is 1. The lowest BCUT2D eigenvalue weighted by molar-refractivity contribution is 0.0941. The van der Waals surface area contributed by atoms with Crippen LogP contribution in [0.4, 0.5) is 0 Å². The van der Waals surface area contributed by atoms with Crippen LogP contribution in [0.3, 0.4) is 0 Å². The van der Waals surface area contributed by atoms with Crippen molar-refractivity contribution in [2.75, 3.05) is 0 Å². The van der Waals surface area contributed by atoms with E-state index in [4.69, 9.17) is 4.98 Å². The predicted octanol–water partition coefficient (Wildman–Crippen LogP) is 3.69. The number of fused-ring (bicyclic) bond motifs is 1. The Morgan fingerprint density at radius 2 is 1.93 bits per heavy atom. The number of H-pyrrole nitrogens is 1. The largest absolute Gasteiger partial charge is 0.349 e. The van der Waals surface area contributed by atoms with Crippen LogP contribution in [0.15, 0.2) is 60.9 Å². The third-order valence-electron chi connectivity index (χ3n) is 4.59. The maximum Gasteiger partial charge on any atom is 0.252 e. The second kappa shape index (κ2) is 7.60. The summed E-state index contributed by atoms with van der Waals surface area (Å²) < 4.78 is 0. The van der Waals surface area contributed by atoms with Crippen LogP contribution in [0.5, 0.6) is 0 Å². The Bertz CT molecular complexity index is 1120. The van der Waals surface area contributed by atoms with Gasteiger partial charge in [-0.1, -0.05) is 18.2 Å². The van der Waals surface area contributed by atoms with Crippen LogP contribution in [-0.4, -0.2) is 32.1 Å². The topological polar surface area (TPSA) is 83.6 Å². The van der Waals surface area contributed by atoms with Crippen molar-refractivity contribution >= 4 is 16.8 Å². The second-order valence-corrected chi connectivity index (χ2v) is 6.93. The molecule has 140 valence electrons. The summed E-state index contributed by atoms with van der Waals surface area (Å²) in [6.07, 6.45) is 4.11. The highest BCUT2D eigenvalue weighted by atomic mass is 16.1. The average molecular weight is 371 g/mol. The maximum absolute atomic E-state index is 13.1. The third-order valence-corrected chi connectivity index (χ3v) is 4.59. The molecular weight excluding hydrogens is 350 g/mol. The molecule has 4 aromatic rings. The monoisotopic (exact) mass is 371 g/mol. The highest BCUT2D eigenvalue weighted by Crippen LogP contribution is 2.24. The number of aromatic nitrogens is 4. The molecule has 28 heavy (non-hydrogen) atoms. The number of amides is 1. The van der Waals surface area contributed by atoms with E-state index in [1.165, 1.54) is 0 Å². The minimum atomic E-state index is -0.117. The number of carbonyl (C=O) groups is 1. The van der Waals surface area contributed by atoms with Crippen molar-refractivity contribution < 1.29 is 4.79 Å². The zero-order valence-corrected chi connectivity index (χ0v) is 15.8. The van der Waals surface area contributed by atoms with Crippen LogP contribution in [0.2, 0.25) is 0 Å². The molecule has 6 nitrogen and oxygen atoms in total. The lowest BCUT2D eigenvalue weighted by Crippen LogP contribution is -2.34. The SMILES string of the molecule is Cc1cc(C[C@@H](C)NC(=O)c2cc(-c3ccncc3)nc3ccccc23)n[nH]1. The number of rotatable bonds is 5. The summed E-state index contributed by atoms with van der Waals surface area (Å²) in [6.45, 7) is 3.94. The van der Waals surface area contributed by atoms with Crippen LogP contribution in [0.1, 0.15) is 28.7 Å². The third kappa shape index (κ3) is 3.76. The van der Waals surface area contributed by atoms with Crippen LogP contribution in [0.25, 0.3) is 22.2 Å². The van der Waals surface area contributed by atoms with E-state index in [9.17, 15) is 4.79 Å². The lowest BCUT2D eigenvalue weighted by Gasteiger charge is -2.15. The summed E-state index contributed by atoms with van der Waals surface area (Å²) in [4.78, 5) is 21.8. The Kier molecular flexibility index (Phi) is 4.85. The first-order chi connectivity index (χ1) is 13.6. The molecule has 0 aliphatic carbocycles. The highest BCUT2D eigenvalue weighted by Gasteiger charge is 2.16. The second-order valence-electron chi connectivity index (χ2n) is 6.93. The van der Waals surface area contributed by atoms with Gasteiger partial charge in [-0.25, -0.2) is 4.98 Å². The van der Waals surface area contributed by atoms with Crippen LogP contribution in [-0.2, 0) is 6.42 Å². The Balaban J connectivity index is 1.65. The standard InChI is InChI=1S/C22H21N5O/c1-14(11-17-12-15(2)26-27-17)24-22(28)19-13-21(16-7-9-23-10-8-16)25-20-6-4-3-5-18(19)20/h3-10,12-14H,11H2,1-2H3,(H,24,28)(H,26,27)/t14-/m1/s1. The first-order valence-electron chi connectivity index (χ1n) is 9.22. The molecule has 3 heterocycles. The summed E-state index contributed by atoms with van der Waals surface area (Å²) in [5.41, 5.74) is 5.02.